The molecule has 1 amide bonds. The topological polar surface area (TPSA) is 61.7 Å². The van der Waals surface area contributed by atoms with Gasteiger partial charge in [0.2, 0.25) is 0 Å². The molecule has 0 saturated heterocycles. The van der Waals surface area contributed by atoms with Gasteiger partial charge >= 0.3 is 0 Å². The molecule has 16 heavy (non-hydrogen) atoms. The number of carbonyl (C=O) groups excluding carboxylic acids is 1. The first-order valence-corrected chi connectivity index (χ1v) is 4.70. The van der Waals surface area contributed by atoms with E-state index in [-0.39, 0.29) is 11.3 Å². The Labute approximate surface area is 92.2 Å². The molecule has 0 heterocycles. The van der Waals surface area contributed by atoms with Crippen LogP contribution in [-0.4, -0.2) is 17.7 Å². The molecule has 0 aliphatic heterocycles. The van der Waals surface area contributed by atoms with Crippen LogP contribution in [0, 0.1) is 0 Å². The van der Waals surface area contributed by atoms with Crippen LogP contribution in [0.4, 0.5) is 0 Å². The van der Waals surface area contributed by atoms with Gasteiger partial charge in [0.05, 0.1) is 5.56 Å². The number of phenolic OH excluding ortho intramolecular Hbond substituents is 1. The van der Waals surface area contributed by atoms with Crippen LogP contribution in [0.1, 0.15) is 10.4 Å². The van der Waals surface area contributed by atoms with Gasteiger partial charge in [0.15, 0.2) is 0 Å². The van der Waals surface area contributed by atoms with Gasteiger partial charge in [-0.05, 0) is 22.9 Å². The molecule has 0 unspecified atom stereocenters. The molecular weight excluding hydrogens is 204 g/mol. The van der Waals surface area contributed by atoms with E-state index in [2.05, 4.69) is 17.2 Å². The van der Waals surface area contributed by atoms with E-state index in [4.69, 9.17) is 0 Å². The van der Waals surface area contributed by atoms with E-state index in [1.165, 1.54) is 0 Å². The van der Waals surface area contributed by atoms with Crippen LogP contribution in [0.25, 0.3) is 10.8 Å². The summed E-state index contributed by atoms with van der Waals surface area (Å²) in [4.78, 5) is 11.5. The second-order valence-electron chi connectivity index (χ2n) is 3.32. The molecule has 2 aromatic rings. The number of fused-ring (bicyclic) bond motifs is 1. The van der Waals surface area contributed by atoms with Gasteiger partial charge in [0.1, 0.15) is 5.75 Å². The number of phenols is 1. The van der Waals surface area contributed by atoms with Crippen molar-refractivity contribution in [2.45, 2.75) is 0 Å². The number of hydrazone groups is 1. The van der Waals surface area contributed by atoms with Crippen molar-refractivity contribution >= 4 is 23.4 Å². The molecule has 2 N–H and O–H groups in total. The molecule has 4 nitrogen and oxygen atoms in total. The quantitative estimate of drug-likeness (QED) is 0.592. The molecule has 80 valence electrons. The zero-order valence-corrected chi connectivity index (χ0v) is 8.47. The Balaban J connectivity index is 2.58. The van der Waals surface area contributed by atoms with Crippen LogP contribution in [0.5, 0.6) is 5.75 Å². The maximum atomic E-state index is 11.5. The summed E-state index contributed by atoms with van der Waals surface area (Å²) < 4.78 is 0. The number of nitrogens with one attached hydrogen (secondary N) is 1. The number of hydrogen-bond donors (Lipinski definition) is 2. The van der Waals surface area contributed by atoms with E-state index < -0.39 is 5.91 Å². The third-order valence-electron chi connectivity index (χ3n) is 2.29. The lowest BCUT2D eigenvalue weighted by Gasteiger charge is -2.05. The number of amides is 1. The Morgan fingerprint density at radius 3 is 2.50 bits per heavy atom. The monoisotopic (exact) mass is 214 g/mol. The molecule has 0 radical (unpaired) electrons. The summed E-state index contributed by atoms with van der Waals surface area (Å²) in [5.74, 6) is -0.543. The lowest BCUT2D eigenvalue weighted by Crippen LogP contribution is -2.16. The molecule has 0 saturated carbocycles. The fourth-order valence-corrected chi connectivity index (χ4v) is 1.54. The maximum absolute atomic E-state index is 11.5. The van der Waals surface area contributed by atoms with Gasteiger partial charge in [0, 0.05) is 6.72 Å². The lowest BCUT2D eigenvalue weighted by atomic mass is 10.1. The number of nitrogens with zero attached hydrogens (tertiary/aromatic N) is 1. The van der Waals surface area contributed by atoms with Crippen molar-refractivity contribution in [3.63, 3.8) is 0 Å². The van der Waals surface area contributed by atoms with Gasteiger partial charge in [-0.25, -0.2) is 5.43 Å². The molecule has 0 atom stereocenters. The zero-order valence-electron chi connectivity index (χ0n) is 8.47. The van der Waals surface area contributed by atoms with E-state index in [1.54, 1.807) is 12.1 Å². The normalized spacial score (nSPS) is 10.0. The van der Waals surface area contributed by atoms with Gasteiger partial charge in [-0.2, -0.15) is 5.10 Å². The summed E-state index contributed by atoms with van der Waals surface area (Å²) in [7, 11) is 0. The smallest absolute Gasteiger partial charge is 0.275 e. The molecule has 0 aromatic heterocycles. The zero-order chi connectivity index (χ0) is 11.5. The SMILES string of the molecule is C=NNC(=O)c1cc2ccccc2cc1O. The van der Waals surface area contributed by atoms with Gasteiger partial charge in [-0.1, -0.05) is 24.3 Å². The first-order valence-electron chi connectivity index (χ1n) is 4.70. The highest BCUT2D eigenvalue weighted by atomic mass is 16.3. The van der Waals surface area contributed by atoms with Crippen LogP contribution in [0.3, 0.4) is 0 Å². The van der Waals surface area contributed by atoms with E-state index in [9.17, 15) is 9.90 Å². The van der Waals surface area contributed by atoms with Crippen LogP contribution in [0.15, 0.2) is 41.5 Å². The van der Waals surface area contributed by atoms with Crippen LogP contribution < -0.4 is 5.43 Å². The van der Waals surface area contributed by atoms with Crippen molar-refractivity contribution in [1.82, 2.24) is 5.43 Å². The predicted octanol–water partition coefficient (Wildman–Crippen LogP) is 1.89. The molecule has 0 aliphatic rings. The van der Waals surface area contributed by atoms with Crippen molar-refractivity contribution in [2.24, 2.45) is 5.10 Å². The Bertz CT molecular complexity index is 564. The molecule has 2 aromatic carbocycles. The van der Waals surface area contributed by atoms with Gasteiger partial charge in [-0.15, -0.1) is 0 Å². The Kier molecular flexibility index (Phi) is 2.55. The number of aromatic hydroxyl groups is 1. The largest absolute Gasteiger partial charge is 0.507 e. The fourth-order valence-electron chi connectivity index (χ4n) is 1.54. The van der Waals surface area contributed by atoms with Gasteiger partial charge < -0.3 is 5.11 Å². The molecule has 0 spiro atoms. The summed E-state index contributed by atoms with van der Waals surface area (Å²) in [5, 5.41) is 14.7. The number of rotatable bonds is 2. The highest BCUT2D eigenvalue weighted by molar-refractivity contribution is 6.01. The van der Waals surface area contributed by atoms with Crippen molar-refractivity contribution in [3.8, 4) is 5.75 Å². The van der Waals surface area contributed by atoms with E-state index in [0.717, 1.165) is 10.8 Å². The molecule has 0 bridgehead atoms. The summed E-state index contributed by atoms with van der Waals surface area (Å²) >= 11 is 0. The van der Waals surface area contributed by atoms with E-state index in [1.807, 2.05) is 24.3 Å². The molecule has 0 fully saturated rings. The van der Waals surface area contributed by atoms with Crippen LogP contribution in [-0.2, 0) is 0 Å². The van der Waals surface area contributed by atoms with Crippen LogP contribution in [0.2, 0.25) is 0 Å². The second-order valence-corrected chi connectivity index (χ2v) is 3.32. The van der Waals surface area contributed by atoms with Crippen molar-refractivity contribution in [3.05, 3.63) is 42.0 Å². The molecule has 4 heteroatoms. The van der Waals surface area contributed by atoms with Crippen molar-refractivity contribution in [1.29, 1.82) is 0 Å². The molecular formula is C12H10N2O2. The second kappa shape index (κ2) is 4.02. The molecule has 0 aliphatic carbocycles. The highest BCUT2D eigenvalue weighted by Crippen LogP contribution is 2.24. The summed E-state index contributed by atoms with van der Waals surface area (Å²) in [6.45, 7) is 3.15. The van der Waals surface area contributed by atoms with Crippen LogP contribution >= 0.6 is 0 Å². The fraction of sp³-hybridized carbons (Fsp3) is 0. The molecule has 2 rings (SSSR count). The number of benzene rings is 2. The highest BCUT2D eigenvalue weighted by Gasteiger charge is 2.11. The minimum atomic E-state index is -0.474. The minimum absolute atomic E-state index is 0.0696. The third-order valence-corrected chi connectivity index (χ3v) is 2.29. The summed E-state index contributed by atoms with van der Waals surface area (Å²) in [6.07, 6.45) is 0. The predicted molar refractivity (Wildman–Crippen MR) is 62.6 cm³/mol. The van der Waals surface area contributed by atoms with Crippen molar-refractivity contribution < 1.29 is 9.90 Å². The maximum Gasteiger partial charge on any atom is 0.275 e. The summed E-state index contributed by atoms with van der Waals surface area (Å²) in [6, 6.07) is 10.6. The Morgan fingerprint density at radius 1 is 1.25 bits per heavy atom. The lowest BCUT2D eigenvalue weighted by molar-refractivity contribution is 0.0953. The van der Waals surface area contributed by atoms with Crippen molar-refractivity contribution in [2.75, 3.05) is 0 Å². The first kappa shape index (κ1) is 10.2. The van der Waals surface area contributed by atoms with E-state index >= 15 is 0 Å². The minimum Gasteiger partial charge on any atom is -0.507 e. The van der Waals surface area contributed by atoms with E-state index in [0.29, 0.717) is 0 Å². The van der Waals surface area contributed by atoms with Gasteiger partial charge in [0.25, 0.3) is 5.91 Å². The van der Waals surface area contributed by atoms with Gasteiger partial charge in [-0.3, -0.25) is 4.79 Å². The number of hydrogen-bond acceptors (Lipinski definition) is 3. The average molecular weight is 214 g/mol. The first-order chi connectivity index (χ1) is 7.72. The average Bonchev–Trinajstić information content (AvgIpc) is 2.28. The number of carbonyl (C=O) groups is 1. The third kappa shape index (κ3) is 1.72. The Morgan fingerprint density at radius 2 is 1.88 bits per heavy atom. The summed E-state index contributed by atoms with van der Waals surface area (Å²) in [5.41, 5.74) is 2.37. The Hall–Kier alpha value is -2.36. The standard InChI is InChI=1S/C12H10N2O2/c1-13-14-12(16)10-6-8-4-2-3-5-9(8)7-11(10)15/h2-7,15H,1H2,(H,14,16).